The van der Waals surface area contributed by atoms with E-state index in [1.807, 2.05) is 6.07 Å². The number of benzene rings is 1. The van der Waals surface area contributed by atoms with Crippen LogP contribution in [0.2, 0.25) is 0 Å². The Hall–Kier alpha value is -1.55. The standard InChI is InChI=1S/C17H25NO3/c19-16-10-6-7-14(11-16)12-18-13-21-17(20)15-8-4-2-1-3-5-9-15/h6-7,10-11,15,18-19H,1-5,8-9,12-13H2. The fourth-order valence-corrected chi connectivity index (χ4v) is 2.79. The molecule has 1 fully saturated rings. The number of phenolic OH excluding ortho intramolecular Hbond substituents is 1. The molecule has 116 valence electrons. The van der Waals surface area contributed by atoms with Gasteiger partial charge in [0.05, 0.1) is 5.92 Å². The molecule has 0 amide bonds. The van der Waals surface area contributed by atoms with E-state index in [-0.39, 0.29) is 24.4 Å². The van der Waals surface area contributed by atoms with E-state index in [2.05, 4.69) is 5.32 Å². The summed E-state index contributed by atoms with van der Waals surface area (Å²) in [5.41, 5.74) is 0.969. The van der Waals surface area contributed by atoms with E-state index in [9.17, 15) is 9.90 Å². The van der Waals surface area contributed by atoms with Crippen molar-refractivity contribution in [1.82, 2.24) is 5.32 Å². The van der Waals surface area contributed by atoms with Crippen LogP contribution in [0.5, 0.6) is 5.75 Å². The van der Waals surface area contributed by atoms with E-state index < -0.39 is 0 Å². The lowest BCUT2D eigenvalue weighted by Gasteiger charge is -2.18. The van der Waals surface area contributed by atoms with Crippen LogP contribution < -0.4 is 5.32 Å². The maximum atomic E-state index is 12.0. The number of nitrogens with one attached hydrogen (secondary N) is 1. The summed E-state index contributed by atoms with van der Waals surface area (Å²) < 4.78 is 5.32. The third-order valence-corrected chi connectivity index (χ3v) is 3.99. The molecule has 4 heteroatoms. The molecule has 1 aliphatic rings. The van der Waals surface area contributed by atoms with E-state index >= 15 is 0 Å². The van der Waals surface area contributed by atoms with Gasteiger partial charge in [0.15, 0.2) is 0 Å². The fourth-order valence-electron chi connectivity index (χ4n) is 2.79. The van der Waals surface area contributed by atoms with Gasteiger partial charge >= 0.3 is 5.97 Å². The molecule has 21 heavy (non-hydrogen) atoms. The van der Waals surface area contributed by atoms with Crippen molar-refractivity contribution in [1.29, 1.82) is 0 Å². The van der Waals surface area contributed by atoms with Crippen molar-refractivity contribution in [3.8, 4) is 5.75 Å². The normalized spacial score (nSPS) is 17.0. The summed E-state index contributed by atoms with van der Waals surface area (Å²) in [6, 6.07) is 7.05. The lowest BCUT2D eigenvalue weighted by atomic mass is 9.91. The Labute approximate surface area is 126 Å². The molecule has 0 aliphatic heterocycles. The molecule has 0 bridgehead atoms. The first-order chi connectivity index (χ1) is 10.3. The molecule has 0 heterocycles. The number of hydrogen-bond acceptors (Lipinski definition) is 4. The van der Waals surface area contributed by atoms with Crippen LogP contribution >= 0.6 is 0 Å². The number of carbonyl (C=O) groups is 1. The van der Waals surface area contributed by atoms with Gasteiger partial charge in [-0.1, -0.05) is 44.2 Å². The van der Waals surface area contributed by atoms with Crippen molar-refractivity contribution in [3.05, 3.63) is 29.8 Å². The van der Waals surface area contributed by atoms with Crippen LogP contribution in [0.1, 0.15) is 50.5 Å². The minimum absolute atomic E-state index is 0.0692. The van der Waals surface area contributed by atoms with Crippen LogP contribution in [0.25, 0.3) is 0 Å². The number of phenols is 1. The largest absolute Gasteiger partial charge is 0.508 e. The molecular formula is C17H25NO3. The first kappa shape index (κ1) is 15.8. The minimum atomic E-state index is -0.0692. The molecule has 0 aromatic heterocycles. The Morgan fingerprint density at radius 2 is 1.90 bits per heavy atom. The fraction of sp³-hybridized carbons (Fsp3) is 0.588. The number of aromatic hydroxyl groups is 1. The van der Waals surface area contributed by atoms with Gasteiger partial charge in [0.2, 0.25) is 0 Å². The van der Waals surface area contributed by atoms with Crippen LogP contribution in [-0.4, -0.2) is 17.8 Å². The van der Waals surface area contributed by atoms with Crippen molar-refractivity contribution in [2.24, 2.45) is 5.92 Å². The molecule has 0 saturated heterocycles. The molecule has 1 aromatic rings. The molecular weight excluding hydrogens is 266 g/mol. The van der Waals surface area contributed by atoms with Crippen molar-refractivity contribution < 1.29 is 14.6 Å². The lowest BCUT2D eigenvalue weighted by molar-refractivity contribution is -0.150. The molecule has 1 saturated carbocycles. The zero-order valence-electron chi connectivity index (χ0n) is 12.5. The number of esters is 1. The zero-order chi connectivity index (χ0) is 14.9. The van der Waals surface area contributed by atoms with Crippen molar-refractivity contribution in [2.45, 2.75) is 51.5 Å². The van der Waals surface area contributed by atoms with Crippen LogP contribution in [0.4, 0.5) is 0 Å². The molecule has 0 unspecified atom stereocenters. The van der Waals surface area contributed by atoms with Crippen LogP contribution in [0.15, 0.2) is 24.3 Å². The summed E-state index contributed by atoms with van der Waals surface area (Å²) in [5.74, 6) is 0.258. The van der Waals surface area contributed by atoms with Crippen molar-refractivity contribution in [3.63, 3.8) is 0 Å². The summed E-state index contributed by atoms with van der Waals surface area (Å²) in [7, 11) is 0. The van der Waals surface area contributed by atoms with Gasteiger partial charge in [0.1, 0.15) is 12.5 Å². The Morgan fingerprint density at radius 1 is 1.19 bits per heavy atom. The zero-order valence-corrected chi connectivity index (χ0v) is 12.5. The third kappa shape index (κ3) is 5.76. The number of ether oxygens (including phenoxy) is 1. The molecule has 2 N–H and O–H groups in total. The van der Waals surface area contributed by atoms with Crippen molar-refractivity contribution in [2.75, 3.05) is 6.73 Å². The third-order valence-electron chi connectivity index (χ3n) is 3.99. The van der Waals surface area contributed by atoms with E-state index in [1.54, 1.807) is 18.2 Å². The van der Waals surface area contributed by atoms with Gasteiger partial charge in [-0.05, 0) is 30.5 Å². The highest BCUT2D eigenvalue weighted by molar-refractivity contribution is 5.72. The second kappa shape index (κ2) is 8.67. The van der Waals surface area contributed by atoms with Gasteiger partial charge in [-0.25, -0.2) is 0 Å². The summed E-state index contributed by atoms with van der Waals surface area (Å²) >= 11 is 0. The second-order valence-corrected chi connectivity index (χ2v) is 5.75. The first-order valence-electron chi connectivity index (χ1n) is 7.91. The quantitative estimate of drug-likeness (QED) is 0.496. The average molecular weight is 291 g/mol. The highest BCUT2D eigenvalue weighted by atomic mass is 16.5. The van der Waals surface area contributed by atoms with Crippen LogP contribution in [-0.2, 0) is 16.1 Å². The maximum Gasteiger partial charge on any atom is 0.310 e. The number of hydrogen-bond donors (Lipinski definition) is 2. The predicted octanol–water partition coefficient (Wildman–Crippen LogP) is 3.34. The monoisotopic (exact) mass is 291 g/mol. The van der Waals surface area contributed by atoms with E-state index in [0.717, 1.165) is 31.2 Å². The van der Waals surface area contributed by atoms with Gasteiger partial charge in [-0.15, -0.1) is 0 Å². The SMILES string of the molecule is O=C(OCNCc1cccc(O)c1)C1CCCCCCC1. The van der Waals surface area contributed by atoms with Crippen LogP contribution in [0.3, 0.4) is 0 Å². The predicted molar refractivity (Wildman–Crippen MR) is 81.7 cm³/mol. The molecule has 2 rings (SSSR count). The number of carbonyl (C=O) groups excluding carboxylic acids is 1. The van der Waals surface area contributed by atoms with E-state index in [4.69, 9.17) is 4.74 Å². The van der Waals surface area contributed by atoms with Gasteiger partial charge < -0.3 is 9.84 Å². The highest BCUT2D eigenvalue weighted by Crippen LogP contribution is 2.23. The van der Waals surface area contributed by atoms with Gasteiger partial charge in [-0.3, -0.25) is 10.1 Å². The maximum absolute atomic E-state index is 12.0. The second-order valence-electron chi connectivity index (χ2n) is 5.75. The average Bonchev–Trinajstić information content (AvgIpc) is 2.43. The van der Waals surface area contributed by atoms with E-state index in [1.165, 1.54) is 19.3 Å². The Balaban J connectivity index is 1.66. The summed E-state index contributed by atoms with van der Waals surface area (Å²) in [5, 5.41) is 12.4. The number of rotatable bonds is 5. The van der Waals surface area contributed by atoms with Crippen LogP contribution in [0, 0.1) is 5.92 Å². The molecule has 1 aliphatic carbocycles. The first-order valence-corrected chi connectivity index (χ1v) is 7.91. The molecule has 1 aromatic carbocycles. The topological polar surface area (TPSA) is 58.6 Å². The summed E-state index contributed by atoms with van der Waals surface area (Å²) in [6.07, 6.45) is 7.97. The Kier molecular flexibility index (Phi) is 6.54. The molecule has 0 atom stereocenters. The Morgan fingerprint density at radius 3 is 2.62 bits per heavy atom. The van der Waals surface area contributed by atoms with Gasteiger partial charge in [0.25, 0.3) is 0 Å². The Bertz CT molecular complexity index is 439. The molecule has 0 spiro atoms. The smallest absolute Gasteiger partial charge is 0.310 e. The molecule has 4 nitrogen and oxygen atoms in total. The minimum Gasteiger partial charge on any atom is -0.508 e. The highest BCUT2D eigenvalue weighted by Gasteiger charge is 2.20. The molecule has 0 radical (unpaired) electrons. The van der Waals surface area contributed by atoms with Crippen molar-refractivity contribution >= 4 is 5.97 Å². The summed E-state index contributed by atoms with van der Waals surface area (Å²) in [6.45, 7) is 0.803. The van der Waals surface area contributed by atoms with E-state index in [0.29, 0.717) is 6.54 Å². The summed E-state index contributed by atoms with van der Waals surface area (Å²) in [4.78, 5) is 12.0. The van der Waals surface area contributed by atoms with Gasteiger partial charge in [-0.2, -0.15) is 0 Å². The lowest BCUT2D eigenvalue weighted by Crippen LogP contribution is -2.25. The van der Waals surface area contributed by atoms with Gasteiger partial charge in [0, 0.05) is 6.54 Å².